The van der Waals surface area contributed by atoms with Crippen LogP contribution in [0.5, 0.6) is 0 Å². The summed E-state index contributed by atoms with van der Waals surface area (Å²) in [6, 6.07) is 17.7. The Morgan fingerprint density at radius 3 is 2.59 bits per heavy atom. The molecule has 2 atom stereocenters. The highest BCUT2D eigenvalue weighted by molar-refractivity contribution is 7.90. The fourth-order valence-electron chi connectivity index (χ4n) is 3.74. The van der Waals surface area contributed by atoms with Crippen LogP contribution < -0.4 is 4.72 Å². The first-order chi connectivity index (χ1) is 16.3. The van der Waals surface area contributed by atoms with Crippen molar-refractivity contribution in [1.82, 2.24) is 14.9 Å². The van der Waals surface area contributed by atoms with Crippen molar-refractivity contribution in [2.75, 3.05) is 6.61 Å². The minimum absolute atomic E-state index is 0.0736. The van der Waals surface area contributed by atoms with E-state index < -0.39 is 28.0 Å². The van der Waals surface area contributed by atoms with Crippen LogP contribution in [0.15, 0.2) is 65.2 Å². The van der Waals surface area contributed by atoms with Crippen LogP contribution in [-0.4, -0.2) is 31.2 Å². The molecule has 8 heteroatoms. The number of para-hydroxylation sites is 1. The van der Waals surface area contributed by atoms with Gasteiger partial charge in [0.15, 0.2) is 5.58 Å². The van der Waals surface area contributed by atoms with Crippen LogP contribution >= 0.6 is 0 Å². The number of hydrogen-bond donors (Lipinski definition) is 2. The first kappa shape index (κ1) is 24.3. The molecule has 2 aromatic carbocycles. The summed E-state index contributed by atoms with van der Waals surface area (Å²) in [5, 5.41) is 14.4. The lowest BCUT2D eigenvalue weighted by atomic mass is 9.94. The van der Waals surface area contributed by atoms with E-state index >= 15 is 0 Å². The van der Waals surface area contributed by atoms with Crippen LogP contribution in [0, 0.1) is 5.82 Å². The second-order valence-corrected chi connectivity index (χ2v) is 11.1. The van der Waals surface area contributed by atoms with Crippen LogP contribution in [0.2, 0.25) is 0 Å². The molecule has 0 bridgehead atoms. The van der Waals surface area contributed by atoms with Crippen molar-refractivity contribution in [2.45, 2.75) is 44.4 Å². The lowest BCUT2D eigenvalue weighted by Gasteiger charge is -2.29. The highest BCUT2D eigenvalue weighted by Gasteiger charge is 2.32. The van der Waals surface area contributed by atoms with E-state index in [1.165, 1.54) is 6.07 Å². The number of aromatic nitrogens is 2. The van der Waals surface area contributed by atoms with Gasteiger partial charge in [0, 0.05) is 47.5 Å². The summed E-state index contributed by atoms with van der Waals surface area (Å²) < 4.78 is 36.1. The molecule has 0 radical (unpaired) electrons. The van der Waals surface area contributed by atoms with E-state index in [0.29, 0.717) is 23.4 Å². The van der Waals surface area contributed by atoms with Gasteiger partial charge in [-0.3, -0.25) is 4.98 Å². The Hall–Kier alpha value is -2.78. The normalized spacial score (nSPS) is 13.8. The number of hydrogen-bond acceptors (Lipinski definition) is 6. The molecule has 0 amide bonds. The maximum absolute atomic E-state index is 14.8. The van der Waals surface area contributed by atoms with Crippen molar-refractivity contribution < 1.29 is 18.6 Å². The van der Waals surface area contributed by atoms with Gasteiger partial charge in [-0.25, -0.2) is 4.39 Å². The van der Waals surface area contributed by atoms with Gasteiger partial charge in [0.05, 0.1) is 11.7 Å². The summed E-state index contributed by atoms with van der Waals surface area (Å²) >= 11 is -1.42. The third kappa shape index (κ3) is 5.31. The van der Waals surface area contributed by atoms with Gasteiger partial charge in [-0.05, 0) is 50.6 Å². The monoisotopic (exact) mass is 481 g/mol. The van der Waals surface area contributed by atoms with E-state index in [-0.39, 0.29) is 18.7 Å². The molecule has 0 aliphatic carbocycles. The fraction of sp³-hybridized carbons (Fsp3) is 0.308. The van der Waals surface area contributed by atoms with Gasteiger partial charge in [0.1, 0.15) is 16.3 Å². The minimum atomic E-state index is -1.42. The van der Waals surface area contributed by atoms with Gasteiger partial charge in [0.25, 0.3) is 0 Å². The first-order valence-electron chi connectivity index (χ1n) is 11.1. The largest absolute Gasteiger partial charge is 0.598 e. The molecular weight excluding hydrogens is 453 g/mol. The molecule has 0 aliphatic heterocycles. The van der Waals surface area contributed by atoms with E-state index in [0.717, 1.165) is 16.5 Å². The van der Waals surface area contributed by atoms with Crippen LogP contribution in [-0.2, 0) is 24.2 Å². The van der Waals surface area contributed by atoms with Gasteiger partial charge < -0.3 is 14.2 Å². The molecule has 2 unspecified atom stereocenters. The van der Waals surface area contributed by atoms with Gasteiger partial charge >= 0.3 is 0 Å². The van der Waals surface area contributed by atoms with Crippen molar-refractivity contribution in [3.63, 3.8) is 0 Å². The molecule has 0 fully saturated rings. The predicted octanol–water partition coefficient (Wildman–Crippen LogP) is 4.90. The molecular formula is C26H28FN3O3S. The smallest absolute Gasteiger partial charge is 0.167 e. The van der Waals surface area contributed by atoms with Crippen LogP contribution in [0.1, 0.15) is 43.8 Å². The number of halogens is 1. The molecule has 178 valence electrons. The Morgan fingerprint density at radius 1 is 1.09 bits per heavy atom. The molecule has 4 aromatic rings. The zero-order chi connectivity index (χ0) is 24.3. The average molecular weight is 482 g/mol. The van der Waals surface area contributed by atoms with Gasteiger partial charge in [-0.15, -0.1) is 4.72 Å². The van der Waals surface area contributed by atoms with Crippen molar-refractivity contribution in [3.05, 3.63) is 83.4 Å². The van der Waals surface area contributed by atoms with E-state index in [4.69, 9.17) is 4.52 Å². The minimum Gasteiger partial charge on any atom is -0.598 e. The van der Waals surface area contributed by atoms with Gasteiger partial charge in [-0.1, -0.05) is 41.6 Å². The number of rotatable bonds is 8. The number of nitrogens with zero attached hydrogens (tertiary/aromatic N) is 2. The molecule has 0 spiro atoms. The van der Waals surface area contributed by atoms with Gasteiger partial charge in [-0.2, -0.15) is 0 Å². The Balaban J connectivity index is 1.80. The van der Waals surface area contributed by atoms with Crippen LogP contribution in [0.25, 0.3) is 22.2 Å². The zero-order valence-electron chi connectivity index (χ0n) is 19.4. The van der Waals surface area contributed by atoms with Crippen molar-refractivity contribution >= 4 is 22.3 Å². The third-order valence-electron chi connectivity index (χ3n) is 5.52. The SMILES string of the molecule is CC(C)(C)[S+]([O-])NC(Cc1nc(CCO)ccc1F)c1ccccc1-c1noc2ccccc12. The number of pyridine rings is 1. The molecule has 0 aliphatic rings. The van der Waals surface area contributed by atoms with Gasteiger partial charge in [0.2, 0.25) is 0 Å². The molecule has 4 rings (SSSR count). The average Bonchev–Trinajstić information content (AvgIpc) is 3.24. The molecule has 34 heavy (non-hydrogen) atoms. The number of nitrogens with one attached hydrogen (secondary N) is 1. The summed E-state index contributed by atoms with van der Waals surface area (Å²) in [7, 11) is 0. The number of fused-ring (bicyclic) bond motifs is 1. The maximum atomic E-state index is 14.8. The molecule has 2 aromatic heterocycles. The Bertz CT molecular complexity index is 1270. The molecule has 2 N–H and O–H groups in total. The Labute approximate surface area is 201 Å². The number of benzene rings is 2. The summed E-state index contributed by atoms with van der Waals surface area (Å²) in [6.07, 6.45) is 0.501. The van der Waals surface area contributed by atoms with E-state index in [1.54, 1.807) is 6.07 Å². The summed E-state index contributed by atoms with van der Waals surface area (Å²) in [5.74, 6) is -0.445. The second-order valence-electron chi connectivity index (χ2n) is 9.07. The maximum Gasteiger partial charge on any atom is 0.167 e. The Kier molecular flexibility index (Phi) is 7.33. The van der Waals surface area contributed by atoms with Crippen LogP contribution in [0.4, 0.5) is 4.39 Å². The van der Waals surface area contributed by atoms with Crippen molar-refractivity contribution in [1.29, 1.82) is 0 Å². The molecule has 6 nitrogen and oxygen atoms in total. The molecule has 2 heterocycles. The summed E-state index contributed by atoms with van der Waals surface area (Å²) in [4.78, 5) is 4.43. The standard InChI is InChI=1S/C26H28FN3O3S/c1-26(2,3)34(32)30-22(16-23-21(27)13-12-17(28-23)14-15-31)18-8-4-5-9-19(18)25-20-10-6-7-11-24(20)33-29-25/h4-13,22,30-31H,14-16H2,1-3H3. The highest BCUT2D eigenvalue weighted by atomic mass is 32.2. The molecule has 0 saturated carbocycles. The van der Waals surface area contributed by atoms with Crippen molar-refractivity contribution in [2.24, 2.45) is 0 Å². The molecule has 0 saturated heterocycles. The first-order valence-corrected chi connectivity index (χ1v) is 12.3. The quantitative estimate of drug-likeness (QED) is 0.348. The third-order valence-corrected chi connectivity index (χ3v) is 7.13. The summed E-state index contributed by atoms with van der Waals surface area (Å²) in [6.45, 7) is 5.57. The lowest BCUT2D eigenvalue weighted by molar-refractivity contribution is 0.298. The lowest BCUT2D eigenvalue weighted by Crippen LogP contribution is -2.42. The topological polar surface area (TPSA) is 94.2 Å². The Morgan fingerprint density at radius 2 is 1.82 bits per heavy atom. The van der Waals surface area contributed by atoms with Crippen molar-refractivity contribution in [3.8, 4) is 11.3 Å². The number of aliphatic hydroxyl groups excluding tert-OH is 1. The van der Waals surface area contributed by atoms with E-state index in [1.807, 2.05) is 69.3 Å². The second kappa shape index (κ2) is 10.2. The fourth-order valence-corrected chi connectivity index (χ4v) is 4.56. The number of aliphatic hydroxyl groups is 1. The van der Waals surface area contributed by atoms with E-state index in [9.17, 15) is 14.0 Å². The predicted molar refractivity (Wildman–Crippen MR) is 132 cm³/mol. The zero-order valence-corrected chi connectivity index (χ0v) is 20.2. The van der Waals surface area contributed by atoms with Crippen LogP contribution in [0.3, 0.4) is 0 Å². The van der Waals surface area contributed by atoms with E-state index in [2.05, 4.69) is 14.9 Å². The highest BCUT2D eigenvalue weighted by Crippen LogP contribution is 2.35. The summed E-state index contributed by atoms with van der Waals surface area (Å²) in [5.41, 5.74) is 3.80.